The number of fused-ring (bicyclic) bond motifs is 1. The summed E-state index contributed by atoms with van der Waals surface area (Å²) >= 11 is 1.91. The summed E-state index contributed by atoms with van der Waals surface area (Å²) < 4.78 is 40.1. The molecule has 1 saturated carbocycles. The average Bonchev–Trinajstić information content (AvgIpc) is 3.49. The first-order valence-corrected chi connectivity index (χ1v) is 12.4. The molecule has 1 N–H and O–H groups in total. The Kier molecular flexibility index (Phi) is 6.37. The molecular weight excluding hydrogens is 465 g/mol. The molecule has 34 heavy (non-hydrogen) atoms. The van der Waals surface area contributed by atoms with Crippen LogP contribution in [0, 0.1) is 5.92 Å². The number of nitrogens with zero attached hydrogens (tertiary/aromatic N) is 5. The summed E-state index contributed by atoms with van der Waals surface area (Å²) in [5, 5.41) is 14.6. The average molecular weight is 491 g/mol. The third kappa shape index (κ3) is 4.98. The molecule has 0 radical (unpaired) electrons. The van der Waals surface area contributed by atoms with Crippen molar-refractivity contribution < 1.29 is 18.0 Å². The normalized spacial score (nSPS) is 18.0. The first-order chi connectivity index (χ1) is 16.4. The quantitative estimate of drug-likeness (QED) is 0.541. The summed E-state index contributed by atoms with van der Waals surface area (Å²) in [5.41, 5.74) is 0.820. The maximum atomic E-state index is 13.1. The lowest BCUT2D eigenvalue weighted by molar-refractivity contribution is -0.146. The first kappa shape index (κ1) is 22.9. The lowest BCUT2D eigenvalue weighted by atomic mass is 9.96. The molecule has 2 aromatic heterocycles. The molecule has 0 unspecified atom stereocenters. The summed E-state index contributed by atoms with van der Waals surface area (Å²) in [7, 11) is 0. The highest BCUT2D eigenvalue weighted by Crippen LogP contribution is 2.35. The van der Waals surface area contributed by atoms with Crippen LogP contribution in [0.2, 0.25) is 0 Å². The minimum Gasteiger partial charge on any atom is -0.355 e. The van der Waals surface area contributed by atoms with E-state index in [9.17, 15) is 18.0 Å². The molecule has 1 saturated heterocycles. The number of thioether (sulfide) groups is 1. The predicted molar refractivity (Wildman–Crippen MR) is 124 cm³/mol. The van der Waals surface area contributed by atoms with E-state index >= 15 is 0 Å². The van der Waals surface area contributed by atoms with Crippen molar-refractivity contribution in [2.75, 3.05) is 23.3 Å². The fraction of sp³-hybridized carbons (Fsp3) is 0.478. The van der Waals surface area contributed by atoms with Gasteiger partial charge in [0.15, 0.2) is 5.65 Å². The zero-order valence-corrected chi connectivity index (χ0v) is 19.3. The standard InChI is InChI=1S/C23H25F3N6OS/c24-23(25,26)22-29-28-19-9-10-20(30-32(19)22)31-13-11-15(12-14-31)21(33)27-16-5-7-18(8-6-16)34-17-3-1-2-4-17/h5-10,15,17H,1-4,11-14H2,(H,27,33). The van der Waals surface area contributed by atoms with E-state index in [2.05, 4.69) is 32.7 Å². The van der Waals surface area contributed by atoms with Crippen molar-refractivity contribution in [2.45, 2.75) is 54.8 Å². The minimum absolute atomic E-state index is 0.0302. The fourth-order valence-corrected chi connectivity index (χ4v) is 5.80. The molecule has 1 aliphatic carbocycles. The Morgan fingerprint density at radius 1 is 0.971 bits per heavy atom. The van der Waals surface area contributed by atoms with Crippen LogP contribution in [-0.2, 0) is 11.0 Å². The van der Waals surface area contributed by atoms with Crippen LogP contribution in [-0.4, -0.2) is 44.1 Å². The van der Waals surface area contributed by atoms with Gasteiger partial charge in [-0.1, -0.05) is 12.8 Å². The van der Waals surface area contributed by atoms with Crippen LogP contribution in [0.1, 0.15) is 44.3 Å². The van der Waals surface area contributed by atoms with E-state index in [-0.39, 0.29) is 17.5 Å². The van der Waals surface area contributed by atoms with Crippen molar-refractivity contribution in [3.05, 3.63) is 42.2 Å². The second-order valence-electron chi connectivity index (χ2n) is 8.78. The Labute approximate surface area is 199 Å². The number of aromatic nitrogens is 4. The molecule has 3 aromatic rings. The number of carbonyl (C=O) groups is 1. The van der Waals surface area contributed by atoms with Gasteiger partial charge < -0.3 is 10.2 Å². The molecule has 1 aromatic carbocycles. The molecule has 1 amide bonds. The summed E-state index contributed by atoms with van der Waals surface area (Å²) in [4.78, 5) is 15.9. The smallest absolute Gasteiger partial charge is 0.355 e. The van der Waals surface area contributed by atoms with Gasteiger partial charge in [0.25, 0.3) is 5.82 Å². The Balaban J connectivity index is 1.17. The molecule has 0 atom stereocenters. The molecule has 180 valence electrons. The minimum atomic E-state index is -4.64. The lowest BCUT2D eigenvalue weighted by Crippen LogP contribution is -2.38. The topological polar surface area (TPSA) is 75.4 Å². The zero-order chi connectivity index (χ0) is 23.7. The maximum absolute atomic E-state index is 13.1. The van der Waals surface area contributed by atoms with Crippen LogP contribution >= 0.6 is 11.8 Å². The fourth-order valence-electron chi connectivity index (χ4n) is 4.56. The van der Waals surface area contributed by atoms with Gasteiger partial charge in [0.05, 0.1) is 0 Å². The van der Waals surface area contributed by atoms with E-state index in [0.717, 1.165) is 10.2 Å². The summed E-state index contributed by atoms with van der Waals surface area (Å²) in [6, 6.07) is 11.1. The van der Waals surface area contributed by atoms with Crippen LogP contribution in [0.25, 0.3) is 5.65 Å². The van der Waals surface area contributed by atoms with Crippen molar-refractivity contribution in [1.29, 1.82) is 0 Å². The van der Waals surface area contributed by atoms with Gasteiger partial charge in [-0.3, -0.25) is 4.79 Å². The number of benzene rings is 1. The van der Waals surface area contributed by atoms with E-state index in [1.807, 2.05) is 28.8 Å². The van der Waals surface area contributed by atoms with Gasteiger partial charge in [0.1, 0.15) is 5.82 Å². The van der Waals surface area contributed by atoms with Crippen molar-refractivity contribution in [3.63, 3.8) is 0 Å². The Morgan fingerprint density at radius 2 is 1.68 bits per heavy atom. The van der Waals surface area contributed by atoms with Gasteiger partial charge in [-0.15, -0.1) is 27.1 Å². The number of hydrogen-bond acceptors (Lipinski definition) is 6. The van der Waals surface area contributed by atoms with Gasteiger partial charge in [-0.05, 0) is 62.1 Å². The van der Waals surface area contributed by atoms with Crippen molar-refractivity contribution >= 4 is 34.8 Å². The molecule has 1 aliphatic heterocycles. The van der Waals surface area contributed by atoms with E-state index in [4.69, 9.17) is 0 Å². The van der Waals surface area contributed by atoms with Gasteiger partial charge in [0, 0.05) is 34.8 Å². The van der Waals surface area contributed by atoms with Crippen LogP contribution in [0.5, 0.6) is 0 Å². The largest absolute Gasteiger partial charge is 0.453 e. The molecular formula is C23H25F3N6OS. The highest BCUT2D eigenvalue weighted by molar-refractivity contribution is 8.00. The van der Waals surface area contributed by atoms with Gasteiger partial charge in [-0.25, -0.2) is 0 Å². The van der Waals surface area contributed by atoms with Crippen LogP contribution in [0.3, 0.4) is 0 Å². The lowest BCUT2D eigenvalue weighted by Gasteiger charge is -2.32. The summed E-state index contributed by atoms with van der Waals surface area (Å²) in [6.07, 6.45) is 1.71. The van der Waals surface area contributed by atoms with Crippen LogP contribution in [0.15, 0.2) is 41.3 Å². The Morgan fingerprint density at radius 3 is 2.35 bits per heavy atom. The van der Waals surface area contributed by atoms with E-state index < -0.39 is 12.0 Å². The maximum Gasteiger partial charge on any atom is 0.453 e. The number of rotatable bonds is 5. The number of nitrogens with one attached hydrogen (secondary N) is 1. The SMILES string of the molecule is O=C(Nc1ccc(SC2CCCC2)cc1)C1CCN(c2ccc3nnc(C(F)(F)F)n3n2)CC1. The monoisotopic (exact) mass is 490 g/mol. The highest BCUT2D eigenvalue weighted by Gasteiger charge is 2.38. The molecule has 2 aliphatic rings. The van der Waals surface area contributed by atoms with E-state index in [1.54, 1.807) is 6.07 Å². The third-order valence-electron chi connectivity index (χ3n) is 6.42. The van der Waals surface area contributed by atoms with Crippen molar-refractivity contribution in [3.8, 4) is 0 Å². The summed E-state index contributed by atoms with van der Waals surface area (Å²) in [6.45, 7) is 1.05. The number of amides is 1. The molecule has 2 fully saturated rings. The van der Waals surface area contributed by atoms with Crippen LogP contribution in [0.4, 0.5) is 24.7 Å². The number of anilines is 2. The Hall–Kier alpha value is -2.82. The third-order valence-corrected chi connectivity index (χ3v) is 7.77. The molecule has 3 heterocycles. The van der Waals surface area contributed by atoms with Crippen LogP contribution < -0.4 is 10.2 Å². The Bertz CT molecular complexity index is 1150. The van der Waals surface area contributed by atoms with Gasteiger partial charge in [-0.2, -0.15) is 17.7 Å². The zero-order valence-electron chi connectivity index (χ0n) is 18.5. The summed E-state index contributed by atoms with van der Waals surface area (Å²) in [5.74, 6) is -0.927. The number of halogens is 3. The highest BCUT2D eigenvalue weighted by atomic mass is 32.2. The number of carbonyl (C=O) groups excluding carboxylic acids is 1. The van der Waals surface area contributed by atoms with Gasteiger partial charge in [0.2, 0.25) is 5.91 Å². The second-order valence-corrected chi connectivity index (χ2v) is 10.2. The molecule has 7 nitrogen and oxygen atoms in total. The van der Waals surface area contributed by atoms with E-state index in [0.29, 0.717) is 37.0 Å². The van der Waals surface area contributed by atoms with Gasteiger partial charge >= 0.3 is 6.18 Å². The second kappa shape index (κ2) is 9.44. The van der Waals surface area contributed by atoms with Crippen molar-refractivity contribution in [1.82, 2.24) is 19.8 Å². The molecule has 0 bridgehead atoms. The van der Waals surface area contributed by atoms with E-state index in [1.165, 1.54) is 36.6 Å². The number of alkyl halides is 3. The molecule has 11 heteroatoms. The predicted octanol–water partition coefficient (Wildman–Crippen LogP) is 5.03. The molecule has 5 rings (SSSR count). The first-order valence-electron chi connectivity index (χ1n) is 11.5. The van der Waals surface area contributed by atoms with Crippen molar-refractivity contribution in [2.24, 2.45) is 5.92 Å². The number of piperidine rings is 1. The molecule has 0 spiro atoms. The number of hydrogen-bond donors (Lipinski definition) is 1.